The molecule has 1 aromatic heterocycles. The van der Waals surface area contributed by atoms with Crippen molar-refractivity contribution in [2.45, 2.75) is 25.8 Å². The highest BCUT2D eigenvalue weighted by atomic mass is 16.6. The third kappa shape index (κ3) is 3.36. The molecule has 4 rings (SSSR count). The fourth-order valence-corrected chi connectivity index (χ4v) is 3.85. The number of para-hydroxylation sites is 1. The number of hydrogen-bond donors (Lipinski definition) is 0. The Morgan fingerprint density at radius 2 is 1.87 bits per heavy atom. The van der Waals surface area contributed by atoms with E-state index in [0.29, 0.717) is 11.4 Å². The Bertz CT molecular complexity index is 1160. The Hall–Kier alpha value is -3.81. The topological polar surface area (TPSA) is 94.2 Å². The zero-order chi connectivity index (χ0) is 21.5. The molecule has 0 bridgehead atoms. The van der Waals surface area contributed by atoms with Crippen molar-refractivity contribution in [2.75, 3.05) is 11.9 Å². The number of fused-ring (bicyclic) bond motifs is 1. The van der Waals surface area contributed by atoms with E-state index >= 15 is 0 Å². The number of benzene rings is 2. The van der Waals surface area contributed by atoms with Gasteiger partial charge < -0.3 is 4.90 Å². The number of ketones is 1. The molecule has 2 aromatic carbocycles. The van der Waals surface area contributed by atoms with Gasteiger partial charge in [0.1, 0.15) is 12.9 Å². The van der Waals surface area contributed by atoms with Crippen molar-refractivity contribution in [2.24, 2.45) is 0 Å². The Kier molecular flexibility index (Phi) is 4.69. The van der Waals surface area contributed by atoms with Gasteiger partial charge in [0.15, 0.2) is 11.6 Å². The van der Waals surface area contributed by atoms with Crippen LogP contribution in [0.3, 0.4) is 0 Å². The first kappa shape index (κ1) is 19.5. The Morgan fingerprint density at radius 1 is 1.17 bits per heavy atom. The van der Waals surface area contributed by atoms with Crippen molar-refractivity contribution in [1.82, 2.24) is 14.8 Å². The summed E-state index contributed by atoms with van der Waals surface area (Å²) in [4.78, 5) is 29.3. The Labute approximate surface area is 173 Å². The number of aromatic nitrogens is 3. The van der Waals surface area contributed by atoms with Gasteiger partial charge in [-0.15, -0.1) is 0 Å². The number of non-ortho nitro benzene ring substituents is 1. The van der Waals surface area contributed by atoms with Crippen LogP contribution in [0.5, 0.6) is 0 Å². The van der Waals surface area contributed by atoms with Crippen LogP contribution in [-0.2, 0) is 16.8 Å². The Morgan fingerprint density at radius 3 is 2.53 bits per heavy atom. The molecule has 152 valence electrons. The van der Waals surface area contributed by atoms with Crippen LogP contribution in [0, 0.1) is 10.1 Å². The number of nitrogens with zero attached hydrogens (tertiary/aromatic N) is 5. The molecule has 30 heavy (non-hydrogen) atoms. The highest BCUT2D eigenvalue weighted by Crippen LogP contribution is 2.46. The molecule has 0 N–H and O–H groups in total. The van der Waals surface area contributed by atoms with E-state index < -0.39 is 4.92 Å². The fourth-order valence-electron chi connectivity index (χ4n) is 3.85. The minimum Gasteiger partial charge on any atom is -0.347 e. The van der Waals surface area contributed by atoms with E-state index in [9.17, 15) is 14.9 Å². The lowest BCUT2D eigenvalue weighted by atomic mass is 9.83. The maximum absolute atomic E-state index is 12.8. The average Bonchev–Trinajstić information content (AvgIpc) is 3.26. The molecular weight excluding hydrogens is 382 g/mol. The van der Waals surface area contributed by atoms with Gasteiger partial charge in [0, 0.05) is 47.6 Å². The number of likely N-dealkylation sites (N-methyl/N-ethyl adjacent to an activating group) is 1. The first-order valence-electron chi connectivity index (χ1n) is 9.50. The third-order valence-corrected chi connectivity index (χ3v) is 5.43. The van der Waals surface area contributed by atoms with Crippen molar-refractivity contribution in [3.8, 4) is 11.4 Å². The second-order valence-electron chi connectivity index (χ2n) is 7.77. The molecule has 0 amide bonds. The van der Waals surface area contributed by atoms with Gasteiger partial charge in [-0.25, -0.2) is 9.67 Å². The summed E-state index contributed by atoms with van der Waals surface area (Å²) >= 11 is 0. The van der Waals surface area contributed by atoms with Gasteiger partial charge in [-0.05, 0) is 23.8 Å². The standard InChI is InChI=1S/C22H21N5O3/c1-22(2)18-6-4-5-7-19(18)25(3)20(22)12-17(28)13-26-14-23-21(24-26)15-8-10-16(11-9-15)27(29)30/h4-12,14H,13H2,1-3H3. The summed E-state index contributed by atoms with van der Waals surface area (Å²) in [5, 5.41) is 15.1. The maximum Gasteiger partial charge on any atom is 0.269 e. The van der Waals surface area contributed by atoms with Crippen molar-refractivity contribution >= 4 is 17.2 Å². The molecule has 1 aliphatic heterocycles. The molecule has 8 heteroatoms. The zero-order valence-electron chi connectivity index (χ0n) is 16.9. The number of carbonyl (C=O) groups is 1. The van der Waals surface area contributed by atoms with Crippen molar-refractivity contribution in [3.63, 3.8) is 0 Å². The number of nitro benzene ring substituents is 1. The van der Waals surface area contributed by atoms with Crippen LogP contribution in [0.2, 0.25) is 0 Å². The molecule has 3 aromatic rings. The van der Waals surface area contributed by atoms with Crippen LogP contribution in [-0.4, -0.2) is 32.5 Å². The first-order valence-corrected chi connectivity index (χ1v) is 9.50. The molecule has 0 aliphatic carbocycles. The average molecular weight is 403 g/mol. The minimum absolute atomic E-state index is 0.00396. The molecular formula is C22H21N5O3. The third-order valence-electron chi connectivity index (χ3n) is 5.43. The smallest absolute Gasteiger partial charge is 0.269 e. The van der Waals surface area contributed by atoms with Crippen molar-refractivity contribution < 1.29 is 9.72 Å². The maximum atomic E-state index is 12.8. The number of carbonyl (C=O) groups excluding carboxylic acids is 1. The Balaban J connectivity index is 1.52. The van der Waals surface area contributed by atoms with Crippen LogP contribution >= 0.6 is 0 Å². The van der Waals surface area contributed by atoms with Gasteiger partial charge in [0.2, 0.25) is 0 Å². The molecule has 0 radical (unpaired) electrons. The second-order valence-corrected chi connectivity index (χ2v) is 7.77. The largest absolute Gasteiger partial charge is 0.347 e. The molecule has 0 spiro atoms. The number of hydrogen-bond acceptors (Lipinski definition) is 6. The van der Waals surface area contributed by atoms with E-state index in [2.05, 4.69) is 41.0 Å². The molecule has 2 heterocycles. The van der Waals surface area contributed by atoms with E-state index in [1.54, 1.807) is 18.2 Å². The molecule has 0 saturated carbocycles. The van der Waals surface area contributed by atoms with E-state index in [1.165, 1.54) is 28.7 Å². The summed E-state index contributed by atoms with van der Waals surface area (Å²) in [5.74, 6) is 0.328. The highest BCUT2D eigenvalue weighted by molar-refractivity contribution is 5.92. The van der Waals surface area contributed by atoms with E-state index in [-0.39, 0.29) is 23.4 Å². The van der Waals surface area contributed by atoms with Crippen LogP contribution < -0.4 is 4.90 Å². The summed E-state index contributed by atoms with van der Waals surface area (Å²) in [7, 11) is 1.97. The predicted molar refractivity (Wildman–Crippen MR) is 113 cm³/mol. The monoisotopic (exact) mass is 403 g/mol. The molecule has 0 fully saturated rings. The van der Waals surface area contributed by atoms with Crippen LogP contribution in [0.15, 0.2) is 66.6 Å². The minimum atomic E-state index is -0.457. The van der Waals surface area contributed by atoms with Crippen LogP contribution in [0.1, 0.15) is 19.4 Å². The van der Waals surface area contributed by atoms with Crippen molar-refractivity contribution in [1.29, 1.82) is 0 Å². The van der Waals surface area contributed by atoms with Gasteiger partial charge in [0.05, 0.1) is 4.92 Å². The first-order chi connectivity index (χ1) is 14.3. The van der Waals surface area contributed by atoms with Crippen LogP contribution in [0.4, 0.5) is 11.4 Å². The quantitative estimate of drug-likeness (QED) is 0.366. The summed E-state index contributed by atoms with van der Waals surface area (Å²) in [6.45, 7) is 4.27. The van der Waals surface area contributed by atoms with Crippen LogP contribution in [0.25, 0.3) is 11.4 Å². The van der Waals surface area contributed by atoms with Gasteiger partial charge in [-0.2, -0.15) is 5.10 Å². The lowest BCUT2D eigenvalue weighted by molar-refractivity contribution is -0.384. The fraction of sp³-hybridized carbons (Fsp3) is 0.227. The van der Waals surface area contributed by atoms with Gasteiger partial charge in [-0.1, -0.05) is 32.0 Å². The molecule has 0 saturated heterocycles. The normalized spacial score (nSPS) is 16.0. The lowest BCUT2D eigenvalue weighted by Gasteiger charge is -2.23. The SMILES string of the molecule is CN1C(=CC(=O)Cn2cnc(-c3ccc([N+](=O)[O-])cc3)n2)C(C)(C)c2ccccc21. The zero-order valence-corrected chi connectivity index (χ0v) is 16.9. The van der Waals surface area contributed by atoms with Gasteiger partial charge in [-0.3, -0.25) is 14.9 Å². The van der Waals surface area contributed by atoms with Gasteiger partial charge >= 0.3 is 0 Å². The van der Waals surface area contributed by atoms with E-state index in [0.717, 1.165) is 11.4 Å². The summed E-state index contributed by atoms with van der Waals surface area (Å²) in [6, 6.07) is 14.1. The molecule has 1 aliphatic rings. The second kappa shape index (κ2) is 7.22. The number of anilines is 1. The molecule has 0 atom stereocenters. The summed E-state index contributed by atoms with van der Waals surface area (Å²) < 4.78 is 1.48. The molecule has 8 nitrogen and oxygen atoms in total. The number of allylic oxidation sites excluding steroid dienone is 2. The van der Waals surface area contributed by atoms with E-state index in [4.69, 9.17) is 0 Å². The van der Waals surface area contributed by atoms with Gasteiger partial charge in [0.25, 0.3) is 5.69 Å². The summed E-state index contributed by atoms with van der Waals surface area (Å²) in [5.41, 5.74) is 3.61. The van der Waals surface area contributed by atoms with E-state index in [1.807, 2.05) is 19.2 Å². The molecule has 0 unspecified atom stereocenters. The van der Waals surface area contributed by atoms with Crippen molar-refractivity contribution in [3.05, 3.63) is 82.3 Å². The number of nitro groups is 1. The summed E-state index contributed by atoms with van der Waals surface area (Å²) in [6.07, 6.45) is 3.17. The lowest BCUT2D eigenvalue weighted by Crippen LogP contribution is -2.24. The predicted octanol–water partition coefficient (Wildman–Crippen LogP) is 3.73. The number of rotatable bonds is 5. The highest BCUT2D eigenvalue weighted by Gasteiger charge is 2.38.